The van der Waals surface area contributed by atoms with Gasteiger partial charge in [-0.15, -0.1) is 0 Å². The van der Waals surface area contributed by atoms with Crippen LogP contribution in [0.15, 0.2) is 18.2 Å². The van der Waals surface area contributed by atoms with Crippen LogP contribution >= 0.6 is 0 Å². The van der Waals surface area contributed by atoms with Crippen LogP contribution in [0, 0.1) is 5.82 Å². The number of nitrogens with one attached hydrogen (secondary N) is 2. The maximum atomic E-state index is 13.3. The first-order chi connectivity index (χ1) is 9.79. The van der Waals surface area contributed by atoms with E-state index in [4.69, 9.17) is 0 Å². The number of benzene rings is 1. The number of fused-ring (bicyclic) bond motifs is 1. The fraction of sp³-hybridized carbons (Fsp3) is 0.533. The van der Waals surface area contributed by atoms with Crippen LogP contribution < -0.4 is 10.2 Å². The summed E-state index contributed by atoms with van der Waals surface area (Å²) in [5.74, 6) is 0.671. The molecular formula is C15H19FN4. The zero-order valence-corrected chi connectivity index (χ0v) is 11.4. The van der Waals surface area contributed by atoms with E-state index in [-0.39, 0.29) is 5.82 Å². The summed E-state index contributed by atoms with van der Waals surface area (Å²) in [4.78, 5) is 10.3. The highest BCUT2D eigenvalue weighted by atomic mass is 19.1. The monoisotopic (exact) mass is 274 g/mol. The van der Waals surface area contributed by atoms with Crippen LogP contribution in [0.3, 0.4) is 0 Å². The Kier molecular flexibility index (Phi) is 2.88. The molecule has 106 valence electrons. The second-order valence-electron chi connectivity index (χ2n) is 5.90. The summed E-state index contributed by atoms with van der Waals surface area (Å²) in [7, 11) is 0. The molecule has 1 unspecified atom stereocenters. The van der Waals surface area contributed by atoms with Crippen molar-refractivity contribution < 1.29 is 4.39 Å². The number of hydrogen-bond donors (Lipinski definition) is 2. The molecule has 1 aliphatic heterocycles. The standard InChI is InChI=1S/C15H19FN4/c16-10-3-6-13-14(8-10)19-15(18-13)20(12-4-5-12)9-11-2-1-7-17-11/h3,6,8,11-12,17H,1-2,4-5,7,9H2,(H,18,19). The van der Waals surface area contributed by atoms with Crippen LogP contribution in [0.1, 0.15) is 25.7 Å². The third kappa shape index (κ3) is 2.26. The van der Waals surface area contributed by atoms with Crippen molar-refractivity contribution in [3.63, 3.8) is 0 Å². The summed E-state index contributed by atoms with van der Waals surface area (Å²) in [6.07, 6.45) is 4.96. The molecule has 2 N–H and O–H groups in total. The van der Waals surface area contributed by atoms with Crippen molar-refractivity contribution in [1.29, 1.82) is 0 Å². The minimum Gasteiger partial charge on any atom is -0.338 e. The number of H-pyrrole nitrogens is 1. The van der Waals surface area contributed by atoms with Crippen molar-refractivity contribution in [2.45, 2.75) is 37.8 Å². The summed E-state index contributed by atoms with van der Waals surface area (Å²) < 4.78 is 13.3. The Morgan fingerprint density at radius 2 is 2.20 bits per heavy atom. The molecule has 4 nitrogen and oxygen atoms in total. The minimum absolute atomic E-state index is 0.219. The third-order valence-electron chi connectivity index (χ3n) is 4.27. The van der Waals surface area contributed by atoms with Crippen LogP contribution in [-0.2, 0) is 0 Å². The maximum Gasteiger partial charge on any atom is 0.204 e. The van der Waals surface area contributed by atoms with Crippen LogP contribution in [0.25, 0.3) is 11.0 Å². The lowest BCUT2D eigenvalue weighted by Crippen LogP contribution is -2.39. The predicted octanol–water partition coefficient (Wildman–Crippen LogP) is 2.42. The number of nitrogens with zero attached hydrogens (tertiary/aromatic N) is 2. The number of hydrogen-bond acceptors (Lipinski definition) is 3. The molecule has 1 saturated carbocycles. The van der Waals surface area contributed by atoms with Gasteiger partial charge in [-0.2, -0.15) is 0 Å². The molecule has 1 saturated heterocycles. The van der Waals surface area contributed by atoms with E-state index >= 15 is 0 Å². The first-order valence-electron chi connectivity index (χ1n) is 7.45. The Balaban J connectivity index is 1.63. The van der Waals surface area contributed by atoms with Gasteiger partial charge in [0.05, 0.1) is 11.0 Å². The van der Waals surface area contributed by atoms with Gasteiger partial charge < -0.3 is 15.2 Å². The quantitative estimate of drug-likeness (QED) is 0.900. The molecule has 20 heavy (non-hydrogen) atoms. The lowest BCUT2D eigenvalue weighted by Gasteiger charge is -2.25. The summed E-state index contributed by atoms with van der Waals surface area (Å²) in [6.45, 7) is 2.11. The number of imidazole rings is 1. The topological polar surface area (TPSA) is 44.0 Å². The van der Waals surface area contributed by atoms with Gasteiger partial charge in [-0.25, -0.2) is 9.37 Å². The molecule has 1 aliphatic carbocycles. The largest absolute Gasteiger partial charge is 0.338 e. The molecule has 2 aromatic rings. The van der Waals surface area contributed by atoms with Crippen LogP contribution in [-0.4, -0.2) is 35.1 Å². The van der Waals surface area contributed by atoms with Crippen LogP contribution in [0.2, 0.25) is 0 Å². The van der Waals surface area contributed by atoms with Gasteiger partial charge in [0.2, 0.25) is 5.95 Å². The summed E-state index contributed by atoms with van der Waals surface area (Å²) in [5.41, 5.74) is 1.62. The molecule has 0 spiro atoms. The van der Waals surface area contributed by atoms with Crippen molar-refractivity contribution in [1.82, 2.24) is 15.3 Å². The fourth-order valence-corrected chi connectivity index (χ4v) is 3.05. The van der Waals surface area contributed by atoms with E-state index in [2.05, 4.69) is 20.2 Å². The van der Waals surface area contributed by atoms with E-state index in [1.54, 1.807) is 6.07 Å². The molecule has 4 rings (SSSR count). The molecule has 2 fully saturated rings. The Bertz CT molecular complexity index is 613. The Hall–Kier alpha value is -1.62. The van der Waals surface area contributed by atoms with E-state index in [0.29, 0.717) is 12.1 Å². The Morgan fingerprint density at radius 3 is 2.95 bits per heavy atom. The number of aromatic amines is 1. The molecule has 0 amide bonds. The van der Waals surface area contributed by atoms with Gasteiger partial charge >= 0.3 is 0 Å². The van der Waals surface area contributed by atoms with Gasteiger partial charge in [0.1, 0.15) is 5.82 Å². The lowest BCUT2D eigenvalue weighted by molar-refractivity contribution is 0.573. The van der Waals surface area contributed by atoms with Crippen LogP contribution in [0.4, 0.5) is 10.3 Å². The molecule has 1 atom stereocenters. The normalized spacial score (nSPS) is 22.6. The first kappa shape index (κ1) is 12.1. The minimum atomic E-state index is -0.219. The summed E-state index contributed by atoms with van der Waals surface area (Å²) >= 11 is 0. The Morgan fingerprint density at radius 1 is 1.30 bits per heavy atom. The van der Waals surface area contributed by atoms with E-state index in [1.165, 1.54) is 37.8 Å². The number of anilines is 1. The molecule has 2 heterocycles. The van der Waals surface area contributed by atoms with E-state index < -0.39 is 0 Å². The van der Waals surface area contributed by atoms with Gasteiger partial charge in [0.15, 0.2) is 0 Å². The number of rotatable bonds is 4. The molecule has 2 aliphatic rings. The second kappa shape index (κ2) is 4.74. The van der Waals surface area contributed by atoms with E-state index in [9.17, 15) is 4.39 Å². The SMILES string of the molecule is Fc1ccc2nc(N(CC3CCCN3)C3CC3)[nH]c2c1. The van der Waals surface area contributed by atoms with Gasteiger partial charge in [-0.3, -0.25) is 0 Å². The highest BCUT2D eigenvalue weighted by Crippen LogP contribution is 2.32. The zero-order valence-electron chi connectivity index (χ0n) is 11.4. The summed E-state index contributed by atoms with van der Waals surface area (Å²) in [5, 5.41) is 3.54. The van der Waals surface area contributed by atoms with Crippen LogP contribution in [0.5, 0.6) is 0 Å². The first-order valence-corrected chi connectivity index (χ1v) is 7.45. The molecular weight excluding hydrogens is 255 g/mol. The molecule has 5 heteroatoms. The molecule has 0 radical (unpaired) electrons. The van der Waals surface area contributed by atoms with Crippen molar-refractivity contribution in [3.05, 3.63) is 24.0 Å². The average molecular weight is 274 g/mol. The second-order valence-corrected chi connectivity index (χ2v) is 5.90. The fourth-order valence-electron chi connectivity index (χ4n) is 3.05. The van der Waals surface area contributed by atoms with Gasteiger partial charge in [0, 0.05) is 18.6 Å². The van der Waals surface area contributed by atoms with E-state index in [0.717, 1.165) is 30.1 Å². The van der Waals surface area contributed by atoms with Crippen molar-refractivity contribution >= 4 is 17.0 Å². The molecule has 0 bridgehead atoms. The van der Waals surface area contributed by atoms with Crippen molar-refractivity contribution in [2.24, 2.45) is 0 Å². The maximum absolute atomic E-state index is 13.3. The third-order valence-corrected chi connectivity index (χ3v) is 4.27. The number of aromatic nitrogens is 2. The van der Waals surface area contributed by atoms with Crippen molar-refractivity contribution in [2.75, 3.05) is 18.0 Å². The lowest BCUT2D eigenvalue weighted by atomic mass is 10.2. The number of halogens is 1. The molecule has 1 aromatic carbocycles. The van der Waals surface area contributed by atoms with E-state index in [1.807, 2.05) is 0 Å². The van der Waals surface area contributed by atoms with Gasteiger partial charge in [-0.05, 0) is 50.4 Å². The zero-order chi connectivity index (χ0) is 13.5. The predicted molar refractivity (Wildman–Crippen MR) is 77.4 cm³/mol. The summed E-state index contributed by atoms with van der Waals surface area (Å²) in [6, 6.07) is 5.88. The average Bonchev–Trinajstić information content (AvgIpc) is 2.99. The van der Waals surface area contributed by atoms with Crippen molar-refractivity contribution in [3.8, 4) is 0 Å². The van der Waals surface area contributed by atoms with Gasteiger partial charge in [0.25, 0.3) is 0 Å². The highest BCUT2D eigenvalue weighted by molar-refractivity contribution is 5.77. The highest BCUT2D eigenvalue weighted by Gasteiger charge is 2.33. The molecule has 1 aromatic heterocycles. The smallest absolute Gasteiger partial charge is 0.204 e. The Labute approximate surface area is 117 Å². The van der Waals surface area contributed by atoms with Gasteiger partial charge in [-0.1, -0.05) is 0 Å².